The van der Waals surface area contributed by atoms with Crippen LogP contribution in [0.4, 0.5) is 0 Å². The van der Waals surface area contributed by atoms with Crippen LogP contribution in [0.25, 0.3) is 0 Å². The van der Waals surface area contributed by atoms with E-state index in [1.807, 2.05) is 0 Å². The van der Waals surface area contributed by atoms with E-state index in [0.717, 1.165) is 13.2 Å². The van der Waals surface area contributed by atoms with Crippen LogP contribution in [0.5, 0.6) is 0 Å². The Kier molecular flexibility index (Phi) is 3.47. The van der Waals surface area contributed by atoms with Crippen LogP contribution >= 0.6 is 0 Å². The summed E-state index contributed by atoms with van der Waals surface area (Å²) in [4.78, 5) is 0. The van der Waals surface area contributed by atoms with E-state index in [1.54, 1.807) is 0 Å². The van der Waals surface area contributed by atoms with Gasteiger partial charge in [-0.15, -0.1) is 0 Å². The van der Waals surface area contributed by atoms with Gasteiger partial charge in [-0.25, -0.2) is 0 Å². The zero-order valence-electron chi connectivity index (χ0n) is 13.7. The number of fused-ring (bicyclic) bond motifs is 1. The van der Waals surface area contributed by atoms with E-state index in [1.165, 1.54) is 32.1 Å². The van der Waals surface area contributed by atoms with E-state index >= 15 is 0 Å². The fourth-order valence-electron chi connectivity index (χ4n) is 4.95. The van der Waals surface area contributed by atoms with E-state index in [0.29, 0.717) is 23.5 Å². The van der Waals surface area contributed by atoms with Crippen LogP contribution in [0.1, 0.15) is 59.8 Å². The number of rotatable bonds is 3. The van der Waals surface area contributed by atoms with Gasteiger partial charge in [0.1, 0.15) is 0 Å². The molecule has 1 heterocycles. The van der Waals surface area contributed by atoms with Crippen LogP contribution in [0.15, 0.2) is 0 Å². The number of nitrogens with two attached hydrogens (primary N) is 1. The highest BCUT2D eigenvalue weighted by molar-refractivity contribution is 5.20. The zero-order valence-corrected chi connectivity index (χ0v) is 13.7. The van der Waals surface area contributed by atoms with E-state index in [2.05, 4.69) is 33.0 Å². The second-order valence-corrected chi connectivity index (χ2v) is 8.79. The molecule has 3 N–H and O–H groups in total. The molecule has 4 atom stereocenters. The molecule has 3 fully saturated rings. The highest BCUT2D eigenvalue weighted by Crippen LogP contribution is 2.57. The third-order valence-corrected chi connectivity index (χ3v) is 6.55. The third kappa shape index (κ3) is 2.13. The second-order valence-electron chi connectivity index (χ2n) is 8.79. The minimum Gasteiger partial charge on any atom is -0.377 e. The highest BCUT2D eigenvalue weighted by Gasteiger charge is 2.66. The molecule has 0 amide bonds. The van der Waals surface area contributed by atoms with Crippen molar-refractivity contribution in [1.29, 1.82) is 0 Å². The molecule has 116 valence electrons. The second kappa shape index (κ2) is 4.69. The monoisotopic (exact) mass is 280 g/mol. The average Bonchev–Trinajstić information content (AvgIpc) is 2.75. The lowest BCUT2D eigenvalue weighted by atomic mass is 9.46. The van der Waals surface area contributed by atoms with Crippen molar-refractivity contribution in [2.75, 3.05) is 13.2 Å². The van der Waals surface area contributed by atoms with Crippen molar-refractivity contribution in [2.45, 2.75) is 77.5 Å². The van der Waals surface area contributed by atoms with Crippen LogP contribution < -0.4 is 11.1 Å². The molecule has 0 radical (unpaired) electrons. The standard InChI is InChI=1S/C17H32N2O/c1-15(2)8-7-12(10-15)19-11-17(18)13-6-5-9-20-14(13)16(17,3)4/h12-14,19H,5-11,18H2,1-4H3. The minimum absolute atomic E-state index is 0.0924. The number of hydrogen-bond donors (Lipinski definition) is 2. The Morgan fingerprint density at radius 2 is 1.95 bits per heavy atom. The Morgan fingerprint density at radius 1 is 1.20 bits per heavy atom. The van der Waals surface area contributed by atoms with Gasteiger partial charge in [0.25, 0.3) is 0 Å². The van der Waals surface area contributed by atoms with Crippen LogP contribution in [-0.4, -0.2) is 30.8 Å². The quantitative estimate of drug-likeness (QED) is 0.835. The summed E-state index contributed by atoms with van der Waals surface area (Å²) in [6, 6.07) is 0.657. The van der Waals surface area contributed by atoms with Gasteiger partial charge in [0.2, 0.25) is 0 Å². The molecule has 0 aromatic heterocycles. The summed E-state index contributed by atoms with van der Waals surface area (Å²) in [6.45, 7) is 11.2. The zero-order chi connectivity index (χ0) is 14.6. The molecule has 0 aromatic carbocycles. The molecule has 3 heteroatoms. The Hall–Kier alpha value is -0.120. The van der Waals surface area contributed by atoms with Gasteiger partial charge in [-0.1, -0.05) is 27.7 Å². The van der Waals surface area contributed by atoms with Crippen molar-refractivity contribution < 1.29 is 4.74 Å². The van der Waals surface area contributed by atoms with Gasteiger partial charge in [-0.2, -0.15) is 0 Å². The minimum atomic E-state index is -0.0924. The van der Waals surface area contributed by atoms with Gasteiger partial charge in [0.15, 0.2) is 0 Å². The first-order chi connectivity index (χ1) is 9.26. The number of nitrogens with one attached hydrogen (secondary N) is 1. The molecule has 2 aliphatic carbocycles. The lowest BCUT2D eigenvalue weighted by Gasteiger charge is -2.66. The summed E-state index contributed by atoms with van der Waals surface area (Å²) >= 11 is 0. The molecule has 20 heavy (non-hydrogen) atoms. The molecule has 0 spiro atoms. The molecular weight excluding hydrogens is 248 g/mol. The summed E-state index contributed by atoms with van der Waals surface area (Å²) in [5.74, 6) is 0.549. The normalized spacial score (nSPS) is 45.8. The Labute approximate surface area is 124 Å². The summed E-state index contributed by atoms with van der Waals surface area (Å²) in [5, 5.41) is 3.79. The maximum Gasteiger partial charge on any atom is 0.0690 e. The van der Waals surface area contributed by atoms with Gasteiger partial charge >= 0.3 is 0 Å². The van der Waals surface area contributed by atoms with Gasteiger partial charge < -0.3 is 15.8 Å². The molecule has 3 rings (SSSR count). The maximum atomic E-state index is 6.84. The molecule has 1 aliphatic heterocycles. The van der Waals surface area contributed by atoms with Gasteiger partial charge in [-0.05, 0) is 37.5 Å². The van der Waals surface area contributed by atoms with E-state index < -0.39 is 0 Å². The smallest absolute Gasteiger partial charge is 0.0690 e. The van der Waals surface area contributed by atoms with E-state index in [-0.39, 0.29) is 11.0 Å². The molecular formula is C17H32N2O. The van der Waals surface area contributed by atoms with Crippen molar-refractivity contribution >= 4 is 0 Å². The predicted octanol–water partition coefficient (Wildman–Crippen LogP) is 2.69. The van der Waals surface area contributed by atoms with Gasteiger partial charge in [-0.3, -0.25) is 0 Å². The molecule has 4 unspecified atom stereocenters. The van der Waals surface area contributed by atoms with Crippen molar-refractivity contribution in [3.05, 3.63) is 0 Å². The van der Waals surface area contributed by atoms with Crippen molar-refractivity contribution in [2.24, 2.45) is 22.5 Å². The van der Waals surface area contributed by atoms with E-state index in [9.17, 15) is 0 Å². The molecule has 0 bridgehead atoms. The maximum absolute atomic E-state index is 6.84. The summed E-state index contributed by atoms with van der Waals surface area (Å²) < 4.78 is 5.98. The first-order valence-corrected chi connectivity index (χ1v) is 8.40. The van der Waals surface area contributed by atoms with E-state index in [4.69, 9.17) is 10.5 Å². The predicted molar refractivity (Wildman–Crippen MR) is 82.6 cm³/mol. The Balaban J connectivity index is 1.61. The fourth-order valence-corrected chi connectivity index (χ4v) is 4.95. The molecule has 2 saturated carbocycles. The summed E-state index contributed by atoms with van der Waals surface area (Å²) in [5.41, 5.74) is 7.35. The molecule has 3 aliphatic rings. The topological polar surface area (TPSA) is 47.3 Å². The van der Waals surface area contributed by atoms with Gasteiger partial charge in [0, 0.05) is 36.1 Å². The average molecular weight is 280 g/mol. The summed E-state index contributed by atoms with van der Waals surface area (Å²) in [7, 11) is 0. The Bertz CT molecular complexity index is 379. The first-order valence-electron chi connectivity index (χ1n) is 8.40. The highest BCUT2D eigenvalue weighted by atomic mass is 16.5. The SMILES string of the molecule is CC1(C)CCC(NCC2(N)C3CCCOC3C2(C)C)C1. The molecule has 1 saturated heterocycles. The first kappa shape index (κ1) is 14.8. The molecule has 0 aromatic rings. The largest absolute Gasteiger partial charge is 0.377 e. The number of ether oxygens (including phenoxy) is 1. The Morgan fingerprint density at radius 3 is 2.60 bits per heavy atom. The van der Waals surface area contributed by atoms with Crippen LogP contribution in [0.3, 0.4) is 0 Å². The van der Waals surface area contributed by atoms with Crippen molar-refractivity contribution in [1.82, 2.24) is 5.32 Å². The summed E-state index contributed by atoms with van der Waals surface area (Å²) in [6.07, 6.45) is 6.71. The lowest BCUT2D eigenvalue weighted by Crippen LogP contribution is -2.80. The lowest BCUT2D eigenvalue weighted by molar-refractivity contribution is -0.226. The van der Waals surface area contributed by atoms with Gasteiger partial charge in [0.05, 0.1) is 6.10 Å². The van der Waals surface area contributed by atoms with Crippen LogP contribution in [0.2, 0.25) is 0 Å². The van der Waals surface area contributed by atoms with Crippen LogP contribution in [0, 0.1) is 16.7 Å². The van der Waals surface area contributed by atoms with Crippen molar-refractivity contribution in [3.8, 4) is 0 Å². The number of hydrogen-bond acceptors (Lipinski definition) is 3. The van der Waals surface area contributed by atoms with Crippen LogP contribution in [-0.2, 0) is 4.74 Å². The fraction of sp³-hybridized carbons (Fsp3) is 1.00. The molecule has 3 nitrogen and oxygen atoms in total. The third-order valence-electron chi connectivity index (χ3n) is 6.55. The van der Waals surface area contributed by atoms with Crippen molar-refractivity contribution in [3.63, 3.8) is 0 Å².